The van der Waals surface area contributed by atoms with E-state index in [-0.39, 0.29) is 11.3 Å². The third-order valence-electron chi connectivity index (χ3n) is 4.88. The molecular formula is C23H30N4O2. The van der Waals surface area contributed by atoms with Crippen molar-refractivity contribution < 1.29 is 9.53 Å². The van der Waals surface area contributed by atoms with Crippen LogP contribution >= 0.6 is 0 Å². The molecule has 0 bridgehead atoms. The van der Waals surface area contributed by atoms with Crippen LogP contribution in [0.1, 0.15) is 63.1 Å². The Hall–Kier alpha value is -2.89. The molecule has 6 nitrogen and oxygen atoms in total. The molecule has 1 amide bonds. The van der Waals surface area contributed by atoms with Crippen LogP contribution < -0.4 is 10.1 Å². The van der Waals surface area contributed by atoms with Gasteiger partial charge in [-0.25, -0.2) is 9.50 Å². The highest BCUT2D eigenvalue weighted by molar-refractivity contribution is 5.94. The molecule has 154 valence electrons. The van der Waals surface area contributed by atoms with E-state index in [9.17, 15) is 4.79 Å². The number of nitrogens with one attached hydrogen (secondary N) is 1. The van der Waals surface area contributed by atoms with Gasteiger partial charge in [0.2, 0.25) is 0 Å². The molecule has 3 aromatic rings. The van der Waals surface area contributed by atoms with Gasteiger partial charge in [0.25, 0.3) is 5.91 Å². The van der Waals surface area contributed by atoms with Crippen molar-refractivity contribution in [3.05, 3.63) is 47.8 Å². The number of benzene rings is 1. The van der Waals surface area contributed by atoms with Crippen LogP contribution in [-0.4, -0.2) is 34.2 Å². The molecule has 1 aromatic carbocycles. The second-order valence-corrected chi connectivity index (χ2v) is 8.27. The van der Waals surface area contributed by atoms with Gasteiger partial charge in [0.15, 0.2) is 5.65 Å². The molecule has 3 rings (SSSR count). The number of rotatable bonds is 7. The number of carbonyl (C=O) groups excluding carboxylic acids is 1. The van der Waals surface area contributed by atoms with Crippen molar-refractivity contribution in [2.45, 2.75) is 52.4 Å². The zero-order valence-corrected chi connectivity index (χ0v) is 18.0. The summed E-state index contributed by atoms with van der Waals surface area (Å²) >= 11 is 0. The average molecular weight is 395 g/mol. The first kappa shape index (κ1) is 20.8. The smallest absolute Gasteiger partial charge is 0.270 e. The van der Waals surface area contributed by atoms with Crippen molar-refractivity contribution in [3.8, 4) is 17.0 Å². The number of amides is 1. The van der Waals surface area contributed by atoms with Gasteiger partial charge in [-0.3, -0.25) is 4.79 Å². The fourth-order valence-corrected chi connectivity index (χ4v) is 3.08. The molecule has 6 heteroatoms. The van der Waals surface area contributed by atoms with Gasteiger partial charge in [-0.2, -0.15) is 5.10 Å². The van der Waals surface area contributed by atoms with Gasteiger partial charge in [0, 0.05) is 23.6 Å². The molecule has 2 aromatic heterocycles. The lowest BCUT2D eigenvalue weighted by Gasteiger charge is -2.13. The van der Waals surface area contributed by atoms with Gasteiger partial charge in [-0.05, 0) is 36.8 Å². The zero-order chi connectivity index (χ0) is 21.0. The van der Waals surface area contributed by atoms with Gasteiger partial charge in [0.05, 0.1) is 18.5 Å². The van der Waals surface area contributed by atoms with E-state index in [1.54, 1.807) is 11.6 Å². The maximum Gasteiger partial charge on any atom is 0.270 e. The van der Waals surface area contributed by atoms with E-state index >= 15 is 0 Å². The largest absolute Gasteiger partial charge is 0.497 e. The molecule has 0 atom stereocenters. The number of unbranched alkanes of at least 4 members (excludes halogenated alkanes) is 2. The number of hydrogen-bond acceptors (Lipinski definition) is 4. The Labute approximate surface area is 172 Å². The summed E-state index contributed by atoms with van der Waals surface area (Å²) in [4.78, 5) is 17.7. The number of methoxy groups -OCH3 is 1. The van der Waals surface area contributed by atoms with Crippen molar-refractivity contribution in [2.24, 2.45) is 0 Å². The van der Waals surface area contributed by atoms with Gasteiger partial charge < -0.3 is 10.1 Å². The second-order valence-electron chi connectivity index (χ2n) is 8.27. The fraction of sp³-hybridized carbons (Fsp3) is 0.435. The molecule has 0 aliphatic heterocycles. The van der Waals surface area contributed by atoms with Crippen LogP contribution in [0.15, 0.2) is 36.4 Å². The van der Waals surface area contributed by atoms with Crippen LogP contribution in [0.2, 0.25) is 0 Å². The standard InChI is InChI=1S/C23H30N4O2/c1-6-7-8-13-24-22(28)19-14-18(16-9-11-17(29-5)12-10-16)25-21-15-20(23(2,3)4)26-27(19)21/h9-12,14-15H,6-8,13H2,1-5H3,(H,24,28). The summed E-state index contributed by atoms with van der Waals surface area (Å²) in [6, 6.07) is 11.4. The molecule has 0 aliphatic rings. The third kappa shape index (κ3) is 4.75. The highest BCUT2D eigenvalue weighted by Crippen LogP contribution is 2.26. The number of fused-ring (bicyclic) bond motifs is 1. The Balaban J connectivity index is 2.04. The Morgan fingerprint density at radius 1 is 1.14 bits per heavy atom. The van der Waals surface area contributed by atoms with E-state index in [1.165, 1.54) is 0 Å². The minimum absolute atomic E-state index is 0.133. The number of hydrogen-bond donors (Lipinski definition) is 1. The van der Waals surface area contributed by atoms with Gasteiger partial charge in [-0.15, -0.1) is 0 Å². The monoisotopic (exact) mass is 394 g/mol. The van der Waals surface area contributed by atoms with Crippen LogP contribution in [0.25, 0.3) is 16.9 Å². The lowest BCUT2D eigenvalue weighted by Crippen LogP contribution is -2.27. The summed E-state index contributed by atoms with van der Waals surface area (Å²) in [6.07, 6.45) is 3.18. The summed E-state index contributed by atoms with van der Waals surface area (Å²) < 4.78 is 6.90. The number of aromatic nitrogens is 3. The Kier molecular flexibility index (Phi) is 6.20. The van der Waals surface area contributed by atoms with E-state index in [1.807, 2.05) is 36.4 Å². The molecule has 0 saturated heterocycles. The molecule has 0 fully saturated rings. The normalized spacial score (nSPS) is 11.6. The predicted octanol–water partition coefficient (Wildman–Crippen LogP) is 4.62. The Bertz CT molecular complexity index is 985. The average Bonchev–Trinajstić information content (AvgIpc) is 3.15. The predicted molar refractivity (Wildman–Crippen MR) is 116 cm³/mol. The molecule has 0 radical (unpaired) electrons. The first-order valence-electron chi connectivity index (χ1n) is 10.2. The number of nitrogens with zero attached hydrogens (tertiary/aromatic N) is 3. The number of carbonyl (C=O) groups is 1. The lowest BCUT2D eigenvalue weighted by atomic mass is 9.93. The SMILES string of the molecule is CCCCCNC(=O)c1cc(-c2ccc(OC)cc2)nc2cc(C(C)(C)C)nn12. The Morgan fingerprint density at radius 3 is 2.48 bits per heavy atom. The van der Waals surface area contributed by atoms with E-state index in [2.05, 4.69) is 38.1 Å². The molecule has 0 spiro atoms. The quantitative estimate of drug-likeness (QED) is 0.594. The van der Waals surface area contributed by atoms with Crippen molar-refractivity contribution in [3.63, 3.8) is 0 Å². The van der Waals surface area contributed by atoms with Crippen LogP contribution in [0, 0.1) is 0 Å². The fourth-order valence-electron chi connectivity index (χ4n) is 3.08. The van der Waals surface area contributed by atoms with E-state index < -0.39 is 0 Å². The van der Waals surface area contributed by atoms with Gasteiger partial charge in [0.1, 0.15) is 11.4 Å². The Morgan fingerprint density at radius 2 is 1.86 bits per heavy atom. The minimum atomic E-state index is -0.136. The molecule has 0 aliphatic carbocycles. The summed E-state index contributed by atoms with van der Waals surface area (Å²) in [6.45, 7) is 9.10. The third-order valence-corrected chi connectivity index (χ3v) is 4.88. The van der Waals surface area contributed by atoms with Crippen molar-refractivity contribution in [1.29, 1.82) is 0 Å². The molecular weight excluding hydrogens is 364 g/mol. The van der Waals surface area contributed by atoms with Gasteiger partial charge >= 0.3 is 0 Å². The minimum Gasteiger partial charge on any atom is -0.497 e. The highest BCUT2D eigenvalue weighted by atomic mass is 16.5. The van der Waals surface area contributed by atoms with Crippen molar-refractivity contribution >= 4 is 11.6 Å². The summed E-state index contributed by atoms with van der Waals surface area (Å²) in [5, 5.41) is 7.71. The summed E-state index contributed by atoms with van der Waals surface area (Å²) in [5.74, 6) is 0.648. The summed E-state index contributed by atoms with van der Waals surface area (Å²) in [7, 11) is 1.64. The van der Waals surface area contributed by atoms with E-state index in [4.69, 9.17) is 9.72 Å². The first-order chi connectivity index (χ1) is 13.8. The topological polar surface area (TPSA) is 68.5 Å². The zero-order valence-electron chi connectivity index (χ0n) is 18.0. The molecule has 2 heterocycles. The van der Waals surface area contributed by atoms with Gasteiger partial charge in [-0.1, -0.05) is 40.5 Å². The number of ether oxygens (including phenoxy) is 1. The van der Waals surface area contributed by atoms with E-state index in [0.717, 1.165) is 42.0 Å². The highest BCUT2D eigenvalue weighted by Gasteiger charge is 2.22. The molecule has 0 saturated carbocycles. The van der Waals surface area contributed by atoms with E-state index in [0.29, 0.717) is 17.9 Å². The van der Waals surface area contributed by atoms with Crippen LogP contribution in [0.3, 0.4) is 0 Å². The van der Waals surface area contributed by atoms with Crippen molar-refractivity contribution in [1.82, 2.24) is 19.9 Å². The van der Waals surface area contributed by atoms with Crippen LogP contribution in [0.4, 0.5) is 0 Å². The maximum absolute atomic E-state index is 12.9. The second kappa shape index (κ2) is 8.64. The van der Waals surface area contributed by atoms with Crippen LogP contribution in [0.5, 0.6) is 5.75 Å². The van der Waals surface area contributed by atoms with Crippen molar-refractivity contribution in [2.75, 3.05) is 13.7 Å². The van der Waals surface area contributed by atoms with Crippen LogP contribution in [-0.2, 0) is 5.41 Å². The molecule has 29 heavy (non-hydrogen) atoms. The first-order valence-corrected chi connectivity index (χ1v) is 10.2. The molecule has 1 N–H and O–H groups in total. The maximum atomic E-state index is 12.9. The summed E-state index contributed by atoms with van der Waals surface area (Å²) in [5.41, 5.74) is 3.58. The molecule has 0 unspecified atom stereocenters. The lowest BCUT2D eigenvalue weighted by molar-refractivity contribution is 0.0945.